The summed E-state index contributed by atoms with van der Waals surface area (Å²) >= 11 is 1.44. The molecule has 0 bridgehead atoms. The van der Waals surface area contributed by atoms with Crippen molar-refractivity contribution in [3.8, 4) is 0 Å². The second-order valence-corrected chi connectivity index (χ2v) is 4.80. The summed E-state index contributed by atoms with van der Waals surface area (Å²) in [6.07, 6.45) is 0. The van der Waals surface area contributed by atoms with Crippen molar-refractivity contribution in [2.75, 3.05) is 32.7 Å². The normalized spacial score (nSPS) is 15.2. The van der Waals surface area contributed by atoms with Crippen LogP contribution in [-0.2, 0) is 4.79 Å². The number of carbonyl (C=O) groups is 2. The van der Waals surface area contributed by atoms with Crippen LogP contribution in [0.3, 0.4) is 0 Å². The van der Waals surface area contributed by atoms with E-state index in [4.69, 9.17) is 5.73 Å². The lowest BCUT2D eigenvalue weighted by molar-refractivity contribution is -0.131. The molecule has 0 radical (unpaired) electrons. The molecule has 5 nitrogen and oxygen atoms in total. The molecule has 1 aliphatic heterocycles. The fourth-order valence-electron chi connectivity index (χ4n) is 1.84. The largest absolute Gasteiger partial charge is 0.338 e. The molecular weight excluding hydrogens is 274 g/mol. The average molecular weight is 290 g/mol. The molecule has 1 aliphatic rings. The number of rotatable bonds is 2. The maximum Gasteiger partial charge on any atom is 0.264 e. The first kappa shape index (κ1) is 14.9. The molecule has 0 atom stereocenters. The molecule has 2 heterocycles. The molecule has 2 N–H and O–H groups in total. The summed E-state index contributed by atoms with van der Waals surface area (Å²) in [5.74, 6) is 0.00747. The van der Waals surface area contributed by atoms with Gasteiger partial charge in [-0.1, -0.05) is 6.07 Å². The van der Waals surface area contributed by atoms with Crippen LogP contribution in [0.2, 0.25) is 0 Å². The Morgan fingerprint density at radius 3 is 2.33 bits per heavy atom. The number of nitrogens with two attached hydrogens (primary N) is 1. The van der Waals surface area contributed by atoms with Gasteiger partial charge in [0.05, 0.1) is 11.4 Å². The second kappa shape index (κ2) is 6.72. The number of carbonyl (C=O) groups excluding carboxylic acids is 2. The molecule has 1 saturated heterocycles. The van der Waals surface area contributed by atoms with Gasteiger partial charge in [0.15, 0.2) is 0 Å². The van der Waals surface area contributed by atoms with Gasteiger partial charge in [-0.25, -0.2) is 0 Å². The third kappa shape index (κ3) is 3.22. The Morgan fingerprint density at radius 2 is 1.83 bits per heavy atom. The maximum absolute atomic E-state index is 12.0. The van der Waals surface area contributed by atoms with E-state index in [1.807, 2.05) is 17.5 Å². The zero-order valence-corrected chi connectivity index (χ0v) is 11.5. The maximum atomic E-state index is 12.0. The summed E-state index contributed by atoms with van der Waals surface area (Å²) in [5.41, 5.74) is 5.30. The summed E-state index contributed by atoms with van der Waals surface area (Å²) in [5, 5.41) is 1.89. The summed E-state index contributed by atoms with van der Waals surface area (Å²) in [7, 11) is 0. The SMILES string of the molecule is Cl.NCC(=O)N1CCN(C(=O)c2cccs2)CC1. The van der Waals surface area contributed by atoms with Gasteiger partial charge in [0.1, 0.15) is 0 Å². The van der Waals surface area contributed by atoms with Crippen molar-refractivity contribution in [1.82, 2.24) is 9.80 Å². The Hall–Kier alpha value is -1.11. The minimum Gasteiger partial charge on any atom is -0.338 e. The van der Waals surface area contributed by atoms with Gasteiger partial charge in [0.25, 0.3) is 5.91 Å². The van der Waals surface area contributed by atoms with Crippen LogP contribution in [0.15, 0.2) is 17.5 Å². The lowest BCUT2D eigenvalue weighted by atomic mass is 10.3. The number of nitrogens with zero attached hydrogens (tertiary/aromatic N) is 2. The molecule has 0 aliphatic carbocycles. The topological polar surface area (TPSA) is 66.6 Å². The average Bonchev–Trinajstić information content (AvgIpc) is 2.91. The van der Waals surface area contributed by atoms with Crippen LogP contribution in [0.25, 0.3) is 0 Å². The fourth-order valence-corrected chi connectivity index (χ4v) is 2.53. The molecular formula is C11H16ClN3O2S. The minimum absolute atomic E-state index is 0. The first-order chi connectivity index (χ1) is 8.22. The first-order valence-corrected chi connectivity index (χ1v) is 6.41. The molecule has 0 spiro atoms. The van der Waals surface area contributed by atoms with Crippen LogP contribution in [0.4, 0.5) is 0 Å². The summed E-state index contributed by atoms with van der Waals surface area (Å²) < 4.78 is 0. The highest BCUT2D eigenvalue weighted by Gasteiger charge is 2.24. The Labute approximate surface area is 116 Å². The van der Waals surface area contributed by atoms with Gasteiger partial charge < -0.3 is 15.5 Å². The van der Waals surface area contributed by atoms with E-state index in [-0.39, 0.29) is 30.8 Å². The lowest BCUT2D eigenvalue weighted by Crippen LogP contribution is -2.51. The lowest BCUT2D eigenvalue weighted by Gasteiger charge is -2.34. The van der Waals surface area contributed by atoms with Crippen LogP contribution in [-0.4, -0.2) is 54.3 Å². The van der Waals surface area contributed by atoms with Gasteiger partial charge in [-0.05, 0) is 11.4 Å². The van der Waals surface area contributed by atoms with E-state index in [0.29, 0.717) is 26.2 Å². The van der Waals surface area contributed by atoms with Crippen molar-refractivity contribution in [3.05, 3.63) is 22.4 Å². The fraction of sp³-hybridized carbons (Fsp3) is 0.455. The van der Waals surface area contributed by atoms with E-state index in [9.17, 15) is 9.59 Å². The number of hydrogen-bond acceptors (Lipinski definition) is 4. The highest BCUT2D eigenvalue weighted by Crippen LogP contribution is 2.13. The van der Waals surface area contributed by atoms with Gasteiger partial charge in [0.2, 0.25) is 5.91 Å². The molecule has 2 amide bonds. The third-order valence-corrected chi connectivity index (χ3v) is 3.68. The van der Waals surface area contributed by atoms with E-state index in [1.165, 1.54) is 11.3 Å². The van der Waals surface area contributed by atoms with Crippen molar-refractivity contribution in [3.63, 3.8) is 0 Å². The van der Waals surface area contributed by atoms with E-state index >= 15 is 0 Å². The van der Waals surface area contributed by atoms with Crippen LogP contribution in [0.1, 0.15) is 9.67 Å². The first-order valence-electron chi connectivity index (χ1n) is 5.53. The molecule has 1 aromatic heterocycles. The van der Waals surface area contributed by atoms with Crippen LogP contribution >= 0.6 is 23.7 Å². The molecule has 0 unspecified atom stereocenters. The predicted molar refractivity (Wildman–Crippen MR) is 73.1 cm³/mol. The van der Waals surface area contributed by atoms with Gasteiger partial charge in [-0.3, -0.25) is 9.59 Å². The molecule has 0 aromatic carbocycles. The van der Waals surface area contributed by atoms with Crippen molar-refractivity contribution >= 4 is 35.6 Å². The molecule has 1 aromatic rings. The highest BCUT2D eigenvalue weighted by molar-refractivity contribution is 7.12. The van der Waals surface area contributed by atoms with Crippen molar-refractivity contribution < 1.29 is 9.59 Å². The Kier molecular flexibility index (Phi) is 5.58. The van der Waals surface area contributed by atoms with E-state index in [2.05, 4.69) is 0 Å². The Balaban J connectivity index is 0.00000162. The molecule has 7 heteroatoms. The summed E-state index contributed by atoms with van der Waals surface area (Å²) in [6, 6.07) is 3.69. The monoisotopic (exact) mass is 289 g/mol. The quantitative estimate of drug-likeness (QED) is 0.858. The zero-order chi connectivity index (χ0) is 12.3. The molecule has 18 heavy (non-hydrogen) atoms. The number of amides is 2. The van der Waals surface area contributed by atoms with Gasteiger partial charge in [-0.2, -0.15) is 0 Å². The Bertz CT molecular complexity index is 402. The van der Waals surface area contributed by atoms with Crippen molar-refractivity contribution in [1.29, 1.82) is 0 Å². The zero-order valence-electron chi connectivity index (χ0n) is 9.87. The van der Waals surface area contributed by atoms with Gasteiger partial charge in [-0.15, -0.1) is 23.7 Å². The summed E-state index contributed by atoms with van der Waals surface area (Å²) in [6.45, 7) is 2.37. The van der Waals surface area contributed by atoms with Crippen molar-refractivity contribution in [2.24, 2.45) is 5.73 Å². The minimum atomic E-state index is -0.0479. The molecule has 0 saturated carbocycles. The highest BCUT2D eigenvalue weighted by atomic mass is 35.5. The van der Waals surface area contributed by atoms with Crippen molar-refractivity contribution in [2.45, 2.75) is 0 Å². The number of piperazine rings is 1. The molecule has 2 rings (SSSR count). The second-order valence-electron chi connectivity index (χ2n) is 3.85. The Morgan fingerprint density at radius 1 is 1.22 bits per heavy atom. The molecule has 1 fully saturated rings. The van der Waals surface area contributed by atoms with Crippen LogP contribution < -0.4 is 5.73 Å². The third-order valence-electron chi connectivity index (χ3n) is 2.83. The number of thiophene rings is 1. The standard InChI is InChI=1S/C11H15N3O2S.ClH/c12-8-10(15)13-3-5-14(6-4-13)11(16)9-2-1-7-17-9;/h1-2,7H,3-6,8,12H2;1H. The van der Waals surface area contributed by atoms with Gasteiger partial charge >= 0.3 is 0 Å². The number of halogens is 1. The van der Waals surface area contributed by atoms with E-state index in [0.717, 1.165) is 4.88 Å². The van der Waals surface area contributed by atoms with E-state index < -0.39 is 0 Å². The predicted octanol–water partition coefficient (Wildman–Crippen LogP) is 0.413. The van der Waals surface area contributed by atoms with Crippen LogP contribution in [0, 0.1) is 0 Å². The van der Waals surface area contributed by atoms with Gasteiger partial charge in [0, 0.05) is 26.2 Å². The number of hydrogen-bond donors (Lipinski definition) is 1. The van der Waals surface area contributed by atoms with E-state index in [1.54, 1.807) is 9.80 Å². The summed E-state index contributed by atoms with van der Waals surface area (Å²) in [4.78, 5) is 27.6. The smallest absolute Gasteiger partial charge is 0.264 e. The molecule has 100 valence electrons. The van der Waals surface area contributed by atoms with Crippen LogP contribution in [0.5, 0.6) is 0 Å².